The maximum absolute atomic E-state index is 13.6. The Hall–Kier alpha value is -3.40. The van der Waals surface area contributed by atoms with Crippen molar-refractivity contribution in [2.24, 2.45) is 5.92 Å². The first-order chi connectivity index (χ1) is 19.3. The van der Waals surface area contributed by atoms with Crippen LogP contribution in [-0.4, -0.2) is 72.8 Å². The quantitative estimate of drug-likeness (QED) is 0.345. The van der Waals surface area contributed by atoms with Crippen molar-refractivity contribution < 1.29 is 8.42 Å². The summed E-state index contributed by atoms with van der Waals surface area (Å²) in [6.07, 6.45) is 8.13. The Morgan fingerprint density at radius 3 is 2.50 bits per heavy atom. The fourth-order valence-electron chi connectivity index (χ4n) is 6.06. The van der Waals surface area contributed by atoms with Gasteiger partial charge in [-0.1, -0.05) is 6.07 Å². The van der Waals surface area contributed by atoms with E-state index >= 15 is 0 Å². The molecular formula is C31H36N6O2S. The van der Waals surface area contributed by atoms with Gasteiger partial charge in [-0.25, -0.2) is 22.7 Å². The number of aromatic nitrogens is 3. The number of hydrogen-bond donors (Lipinski definition) is 0. The van der Waals surface area contributed by atoms with Gasteiger partial charge in [0.05, 0.1) is 10.4 Å². The van der Waals surface area contributed by atoms with E-state index in [-0.39, 0.29) is 0 Å². The van der Waals surface area contributed by atoms with Crippen LogP contribution in [0.15, 0.2) is 66.1 Å². The van der Waals surface area contributed by atoms with E-state index in [9.17, 15) is 8.42 Å². The van der Waals surface area contributed by atoms with Crippen LogP contribution in [0.1, 0.15) is 29.5 Å². The molecule has 4 heterocycles. The smallest absolute Gasteiger partial charge is 0.242 e. The molecule has 0 unspecified atom stereocenters. The molecular weight excluding hydrogens is 520 g/mol. The van der Waals surface area contributed by atoms with Crippen molar-refractivity contribution in [1.29, 1.82) is 0 Å². The fourth-order valence-corrected chi connectivity index (χ4v) is 7.35. The van der Waals surface area contributed by atoms with Crippen LogP contribution in [0.25, 0.3) is 22.0 Å². The number of likely N-dealkylation sites (tertiary alicyclic amines) is 1. The molecule has 0 saturated carbocycles. The van der Waals surface area contributed by atoms with Gasteiger partial charge in [0.1, 0.15) is 12.1 Å². The largest absolute Gasteiger partial charge is 0.351 e. The van der Waals surface area contributed by atoms with Crippen LogP contribution >= 0.6 is 0 Å². The topological polar surface area (TPSA) is 82.5 Å². The van der Waals surface area contributed by atoms with Gasteiger partial charge >= 0.3 is 0 Å². The van der Waals surface area contributed by atoms with Crippen LogP contribution in [-0.2, 0) is 23.0 Å². The minimum Gasteiger partial charge on any atom is -0.351 e. The van der Waals surface area contributed by atoms with Crippen LogP contribution in [0.3, 0.4) is 0 Å². The van der Waals surface area contributed by atoms with Gasteiger partial charge in [0, 0.05) is 44.5 Å². The first-order valence-electron chi connectivity index (χ1n) is 14.0. The van der Waals surface area contributed by atoms with E-state index in [1.54, 1.807) is 36.1 Å². The lowest BCUT2D eigenvalue weighted by Crippen LogP contribution is -2.38. The summed E-state index contributed by atoms with van der Waals surface area (Å²) in [6, 6.07) is 14.0. The second-order valence-corrected chi connectivity index (χ2v) is 13.3. The van der Waals surface area contributed by atoms with Crippen LogP contribution in [0.2, 0.25) is 0 Å². The second-order valence-electron chi connectivity index (χ2n) is 11.3. The van der Waals surface area contributed by atoms with Crippen molar-refractivity contribution in [2.75, 3.05) is 45.2 Å². The van der Waals surface area contributed by atoms with Crippen molar-refractivity contribution in [3.63, 3.8) is 0 Å². The number of fused-ring (bicyclic) bond motifs is 2. The summed E-state index contributed by atoms with van der Waals surface area (Å²) >= 11 is 0. The van der Waals surface area contributed by atoms with Crippen LogP contribution in [0, 0.1) is 12.8 Å². The SMILES string of the molecule is Cc1cc(-c2ccncc2)cc2c(N3CCc4ccc(S(=O)(=O)N(C)CC5CCN(C)CC5)cc4C3)ncnc12. The molecule has 0 radical (unpaired) electrons. The Labute approximate surface area is 236 Å². The normalized spacial score (nSPS) is 16.9. The maximum atomic E-state index is 13.6. The Morgan fingerprint density at radius 1 is 0.950 bits per heavy atom. The standard InChI is InChI=1S/C31H36N6O2S/c1-22-16-26(25-6-11-32-12-7-25)18-29-30(22)33-21-34-31(29)37-15-10-24-4-5-28(17-27(24)20-37)40(38,39)36(3)19-23-8-13-35(2)14-9-23/h4-7,11-12,16-18,21,23H,8-10,13-15,19-20H2,1-3H3. The molecule has 4 aromatic rings. The summed E-state index contributed by atoms with van der Waals surface area (Å²) in [5.74, 6) is 1.28. The third kappa shape index (κ3) is 5.21. The number of aryl methyl sites for hydroxylation is 1. The van der Waals surface area contributed by atoms with E-state index in [1.807, 2.05) is 24.3 Å². The van der Waals surface area contributed by atoms with Gasteiger partial charge in [-0.2, -0.15) is 0 Å². The molecule has 2 aliphatic heterocycles. The van der Waals surface area contributed by atoms with Gasteiger partial charge in [0.2, 0.25) is 10.0 Å². The van der Waals surface area contributed by atoms with E-state index in [4.69, 9.17) is 4.98 Å². The number of sulfonamides is 1. The molecule has 2 aromatic heterocycles. The Balaban J connectivity index is 1.28. The average Bonchev–Trinajstić information content (AvgIpc) is 2.98. The lowest BCUT2D eigenvalue weighted by molar-refractivity contribution is 0.202. The summed E-state index contributed by atoms with van der Waals surface area (Å²) in [4.78, 5) is 18.4. The molecule has 1 fully saturated rings. The molecule has 0 aliphatic carbocycles. The molecule has 0 N–H and O–H groups in total. The van der Waals surface area contributed by atoms with E-state index in [0.29, 0.717) is 23.9 Å². The number of pyridine rings is 1. The lowest BCUT2D eigenvalue weighted by Gasteiger charge is -2.32. The summed E-state index contributed by atoms with van der Waals surface area (Å²) in [5, 5.41) is 0.999. The zero-order chi connectivity index (χ0) is 27.9. The molecule has 8 nitrogen and oxygen atoms in total. The molecule has 6 rings (SSSR count). The summed E-state index contributed by atoms with van der Waals surface area (Å²) in [5.41, 5.74) is 6.45. The molecule has 1 saturated heterocycles. The number of nitrogens with zero attached hydrogens (tertiary/aromatic N) is 6. The number of rotatable bonds is 6. The third-order valence-corrected chi connectivity index (χ3v) is 10.3. The average molecular weight is 557 g/mol. The maximum Gasteiger partial charge on any atom is 0.242 e. The molecule has 2 aromatic carbocycles. The second kappa shape index (κ2) is 10.9. The third-order valence-electron chi connectivity index (χ3n) is 8.47. The predicted molar refractivity (Wildman–Crippen MR) is 159 cm³/mol. The molecule has 2 aliphatic rings. The molecule has 9 heteroatoms. The van der Waals surface area contributed by atoms with E-state index in [1.165, 1.54) is 5.56 Å². The number of benzene rings is 2. The van der Waals surface area contributed by atoms with Crippen molar-refractivity contribution in [1.82, 2.24) is 24.2 Å². The Bertz CT molecular complexity index is 1630. The highest BCUT2D eigenvalue weighted by molar-refractivity contribution is 7.89. The molecule has 208 valence electrons. The van der Waals surface area contributed by atoms with E-state index in [0.717, 1.165) is 77.9 Å². The number of piperidine rings is 1. The monoisotopic (exact) mass is 556 g/mol. The highest BCUT2D eigenvalue weighted by atomic mass is 32.2. The van der Waals surface area contributed by atoms with Crippen LogP contribution in [0.4, 0.5) is 5.82 Å². The van der Waals surface area contributed by atoms with Gasteiger partial charge in [-0.05, 0) is 116 Å². The minimum absolute atomic E-state index is 0.367. The fraction of sp³-hybridized carbons (Fsp3) is 0.387. The molecule has 0 spiro atoms. The Morgan fingerprint density at radius 2 is 1.73 bits per heavy atom. The Kier molecular flexibility index (Phi) is 7.29. The van der Waals surface area contributed by atoms with Crippen molar-refractivity contribution >= 4 is 26.7 Å². The molecule has 40 heavy (non-hydrogen) atoms. The van der Waals surface area contributed by atoms with Gasteiger partial charge in [0.25, 0.3) is 0 Å². The van der Waals surface area contributed by atoms with E-state index in [2.05, 4.69) is 45.9 Å². The van der Waals surface area contributed by atoms with Crippen molar-refractivity contribution in [2.45, 2.75) is 37.6 Å². The predicted octanol–water partition coefficient (Wildman–Crippen LogP) is 4.53. The number of hydrogen-bond acceptors (Lipinski definition) is 7. The molecule has 0 amide bonds. The summed E-state index contributed by atoms with van der Waals surface area (Å²) < 4.78 is 28.7. The number of anilines is 1. The first kappa shape index (κ1) is 26.8. The van der Waals surface area contributed by atoms with Gasteiger partial charge in [0.15, 0.2) is 0 Å². The van der Waals surface area contributed by atoms with Crippen molar-refractivity contribution in [3.05, 3.63) is 77.9 Å². The minimum atomic E-state index is -3.57. The molecule has 0 bridgehead atoms. The summed E-state index contributed by atoms with van der Waals surface area (Å²) in [6.45, 7) is 6.09. The van der Waals surface area contributed by atoms with Gasteiger partial charge in [-0.15, -0.1) is 0 Å². The van der Waals surface area contributed by atoms with Gasteiger partial charge in [-0.3, -0.25) is 4.98 Å². The van der Waals surface area contributed by atoms with E-state index < -0.39 is 10.0 Å². The lowest BCUT2D eigenvalue weighted by atomic mass is 9.97. The first-order valence-corrected chi connectivity index (χ1v) is 15.4. The van der Waals surface area contributed by atoms with Crippen LogP contribution in [0.5, 0.6) is 0 Å². The highest BCUT2D eigenvalue weighted by Crippen LogP contribution is 2.34. The highest BCUT2D eigenvalue weighted by Gasteiger charge is 2.28. The van der Waals surface area contributed by atoms with Crippen molar-refractivity contribution in [3.8, 4) is 11.1 Å². The zero-order valence-corrected chi connectivity index (χ0v) is 24.2. The van der Waals surface area contributed by atoms with Gasteiger partial charge < -0.3 is 9.80 Å². The summed E-state index contributed by atoms with van der Waals surface area (Å²) in [7, 11) is 0.267. The van der Waals surface area contributed by atoms with Crippen LogP contribution < -0.4 is 4.90 Å². The zero-order valence-electron chi connectivity index (χ0n) is 23.4. The molecule has 0 atom stereocenters.